The molecule has 2 atom stereocenters. The van der Waals surface area contributed by atoms with Crippen LogP contribution in [0, 0.1) is 5.92 Å². The molecule has 1 heterocycles. The first kappa shape index (κ1) is 25.9. The molecule has 0 aliphatic carbocycles. The van der Waals surface area contributed by atoms with Gasteiger partial charge in [-0.05, 0) is 35.4 Å². The van der Waals surface area contributed by atoms with Crippen LogP contribution in [-0.4, -0.2) is 21.3 Å². The summed E-state index contributed by atoms with van der Waals surface area (Å²) in [6.07, 6.45) is 11.5. The van der Waals surface area contributed by atoms with Crippen LogP contribution in [-0.2, 0) is 11.2 Å². The Bertz CT molecular complexity index is 1020. The SMILES string of the molecule is CCCCCCCc1ccc(-c2ccc(-c3ncc(OC(=O)[C@@H](Cl)[C@@H](C)CC)cn3)cc2)cc1. The van der Waals surface area contributed by atoms with Gasteiger partial charge in [0.15, 0.2) is 11.6 Å². The molecule has 1 aromatic heterocycles. The van der Waals surface area contributed by atoms with Gasteiger partial charge in [0.1, 0.15) is 5.38 Å². The molecule has 0 N–H and O–H groups in total. The van der Waals surface area contributed by atoms with Crippen LogP contribution in [0.3, 0.4) is 0 Å². The first-order valence-corrected chi connectivity index (χ1v) is 12.8. The van der Waals surface area contributed by atoms with Gasteiger partial charge in [-0.3, -0.25) is 4.79 Å². The van der Waals surface area contributed by atoms with Crippen molar-refractivity contribution in [2.75, 3.05) is 0 Å². The van der Waals surface area contributed by atoms with Crippen LogP contribution in [0.4, 0.5) is 0 Å². The van der Waals surface area contributed by atoms with E-state index in [1.54, 1.807) is 0 Å². The molecule has 34 heavy (non-hydrogen) atoms. The van der Waals surface area contributed by atoms with E-state index in [2.05, 4.69) is 53.3 Å². The van der Waals surface area contributed by atoms with E-state index in [0.717, 1.165) is 24.0 Å². The summed E-state index contributed by atoms with van der Waals surface area (Å²) in [5, 5.41) is -0.683. The summed E-state index contributed by atoms with van der Waals surface area (Å²) in [6.45, 7) is 6.16. The molecule has 3 aromatic rings. The van der Waals surface area contributed by atoms with E-state index in [1.807, 2.05) is 26.0 Å². The van der Waals surface area contributed by atoms with Crippen LogP contribution in [0.15, 0.2) is 60.9 Å². The van der Waals surface area contributed by atoms with Crippen molar-refractivity contribution in [3.05, 3.63) is 66.5 Å². The molecule has 3 rings (SSSR count). The third-order valence-corrected chi connectivity index (χ3v) is 6.82. The molecule has 0 aliphatic heterocycles. The van der Waals surface area contributed by atoms with Gasteiger partial charge in [0.25, 0.3) is 0 Å². The zero-order valence-electron chi connectivity index (χ0n) is 20.5. The third-order valence-electron chi connectivity index (χ3n) is 6.21. The Kier molecular flexibility index (Phi) is 10.1. The molecule has 180 valence electrons. The molecule has 2 aromatic carbocycles. The number of aryl methyl sites for hydroxylation is 1. The van der Waals surface area contributed by atoms with Gasteiger partial charge in [0, 0.05) is 5.56 Å². The molecule has 0 saturated carbocycles. The molecule has 0 unspecified atom stereocenters. The van der Waals surface area contributed by atoms with Crippen LogP contribution in [0.1, 0.15) is 64.9 Å². The summed E-state index contributed by atoms with van der Waals surface area (Å²) in [4.78, 5) is 20.9. The molecule has 0 bridgehead atoms. The summed E-state index contributed by atoms with van der Waals surface area (Å²) in [5.74, 6) is 0.442. The predicted molar refractivity (Wildman–Crippen MR) is 140 cm³/mol. The van der Waals surface area contributed by atoms with Crippen molar-refractivity contribution in [1.82, 2.24) is 9.97 Å². The lowest BCUT2D eigenvalue weighted by Gasteiger charge is -2.14. The van der Waals surface area contributed by atoms with Crippen LogP contribution < -0.4 is 4.74 Å². The van der Waals surface area contributed by atoms with Crippen molar-refractivity contribution in [2.24, 2.45) is 5.92 Å². The monoisotopic (exact) mass is 478 g/mol. The highest BCUT2D eigenvalue weighted by Crippen LogP contribution is 2.25. The molecule has 0 saturated heterocycles. The fraction of sp³-hybridized carbons (Fsp3) is 0.414. The number of hydrogen-bond acceptors (Lipinski definition) is 4. The maximum Gasteiger partial charge on any atom is 0.329 e. The minimum absolute atomic E-state index is 0.0413. The standard InChI is InChI=1S/C29H35ClN2O2/c1-4-6-7-8-9-10-22-11-13-23(14-12-22)24-15-17-25(18-16-24)28-31-19-26(20-32-28)34-29(33)27(30)21(3)5-2/h11-21,27H,4-10H2,1-3H3/t21-,27-/m0/s1. The number of benzene rings is 2. The number of carbonyl (C=O) groups is 1. The average Bonchev–Trinajstić information content (AvgIpc) is 2.88. The second kappa shape index (κ2) is 13.2. The Balaban J connectivity index is 1.57. The Hall–Kier alpha value is -2.72. The van der Waals surface area contributed by atoms with Crippen LogP contribution in [0.2, 0.25) is 0 Å². The van der Waals surface area contributed by atoms with Crippen LogP contribution in [0.5, 0.6) is 5.75 Å². The molecule has 0 aliphatic rings. The summed E-state index contributed by atoms with van der Waals surface area (Å²) < 4.78 is 5.32. The zero-order valence-corrected chi connectivity index (χ0v) is 21.2. The van der Waals surface area contributed by atoms with Gasteiger partial charge < -0.3 is 4.74 Å². The molecular weight excluding hydrogens is 444 g/mol. The van der Waals surface area contributed by atoms with Gasteiger partial charge >= 0.3 is 5.97 Å². The second-order valence-electron chi connectivity index (χ2n) is 8.89. The summed E-state index contributed by atoms with van der Waals surface area (Å²) >= 11 is 6.16. The van der Waals surface area contributed by atoms with Crippen molar-refractivity contribution in [2.45, 2.75) is 71.1 Å². The van der Waals surface area contributed by atoms with Crippen molar-refractivity contribution in [3.8, 4) is 28.3 Å². The van der Waals surface area contributed by atoms with E-state index in [4.69, 9.17) is 16.3 Å². The molecule has 0 amide bonds. The first-order valence-electron chi connectivity index (χ1n) is 12.4. The number of ether oxygens (including phenoxy) is 1. The Labute approximate surface area is 208 Å². The van der Waals surface area contributed by atoms with Crippen molar-refractivity contribution in [1.29, 1.82) is 0 Å². The fourth-order valence-electron chi connectivity index (χ4n) is 3.74. The summed E-state index contributed by atoms with van der Waals surface area (Å²) in [6, 6.07) is 17.0. The van der Waals surface area contributed by atoms with Crippen molar-refractivity contribution < 1.29 is 9.53 Å². The summed E-state index contributed by atoms with van der Waals surface area (Å²) in [5.41, 5.74) is 4.65. The predicted octanol–water partition coefficient (Wildman–Crippen LogP) is 7.88. The highest BCUT2D eigenvalue weighted by Gasteiger charge is 2.23. The lowest BCUT2D eigenvalue weighted by molar-refractivity contribution is -0.134. The maximum atomic E-state index is 12.1. The van der Waals surface area contributed by atoms with Gasteiger partial charge in [-0.15, -0.1) is 11.6 Å². The van der Waals surface area contributed by atoms with Gasteiger partial charge in [0.05, 0.1) is 12.4 Å². The minimum Gasteiger partial charge on any atom is -0.422 e. The number of unbranched alkanes of at least 4 members (excludes halogenated alkanes) is 4. The highest BCUT2D eigenvalue weighted by molar-refractivity contribution is 6.30. The number of hydrogen-bond donors (Lipinski definition) is 0. The largest absolute Gasteiger partial charge is 0.422 e. The number of nitrogens with zero attached hydrogens (tertiary/aromatic N) is 2. The third kappa shape index (κ3) is 7.39. The van der Waals surface area contributed by atoms with Crippen LogP contribution >= 0.6 is 11.6 Å². The number of halogens is 1. The number of rotatable bonds is 12. The van der Waals surface area contributed by atoms with E-state index in [1.165, 1.54) is 55.6 Å². The van der Waals surface area contributed by atoms with Crippen molar-refractivity contribution in [3.63, 3.8) is 0 Å². The topological polar surface area (TPSA) is 52.1 Å². The second-order valence-corrected chi connectivity index (χ2v) is 9.36. The molecule has 0 radical (unpaired) electrons. The molecular formula is C29H35ClN2O2. The molecule has 0 fully saturated rings. The number of carbonyl (C=O) groups excluding carboxylic acids is 1. The maximum absolute atomic E-state index is 12.1. The fourth-order valence-corrected chi connectivity index (χ4v) is 3.96. The Morgan fingerprint density at radius 2 is 1.41 bits per heavy atom. The Morgan fingerprint density at radius 1 is 0.853 bits per heavy atom. The van der Waals surface area contributed by atoms with E-state index >= 15 is 0 Å². The minimum atomic E-state index is -0.683. The van der Waals surface area contributed by atoms with E-state index in [0.29, 0.717) is 11.6 Å². The zero-order chi connectivity index (χ0) is 24.3. The average molecular weight is 479 g/mol. The normalized spacial score (nSPS) is 12.8. The van der Waals surface area contributed by atoms with E-state index in [-0.39, 0.29) is 5.92 Å². The number of alkyl halides is 1. The lowest BCUT2D eigenvalue weighted by Crippen LogP contribution is -2.26. The van der Waals surface area contributed by atoms with E-state index < -0.39 is 11.3 Å². The van der Waals surface area contributed by atoms with Crippen molar-refractivity contribution >= 4 is 17.6 Å². The highest BCUT2D eigenvalue weighted by atomic mass is 35.5. The number of esters is 1. The number of aromatic nitrogens is 2. The van der Waals surface area contributed by atoms with Gasteiger partial charge in [-0.1, -0.05) is 101 Å². The molecule has 0 spiro atoms. The van der Waals surface area contributed by atoms with Crippen LogP contribution in [0.25, 0.3) is 22.5 Å². The molecule has 4 nitrogen and oxygen atoms in total. The summed E-state index contributed by atoms with van der Waals surface area (Å²) in [7, 11) is 0. The van der Waals surface area contributed by atoms with E-state index in [9.17, 15) is 4.79 Å². The lowest BCUT2D eigenvalue weighted by atomic mass is 10.00. The van der Waals surface area contributed by atoms with Gasteiger partial charge in [-0.25, -0.2) is 9.97 Å². The smallest absolute Gasteiger partial charge is 0.329 e. The Morgan fingerprint density at radius 3 is 2.00 bits per heavy atom. The quantitative estimate of drug-likeness (QED) is 0.151. The molecule has 5 heteroatoms. The van der Waals surface area contributed by atoms with Gasteiger partial charge in [0.2, 0.25) is 0 Å². The van der Waals surface area contributed by atoms with Gasteiger partial charge in [-0.2, -0.15) is 0 Å². The first-order chi connectivity index (χ1) is 16.5.